The minimum Gasteiger partial charge on any atom is -0.311 e. The van der Waals surface area contributed by atoms with E-state index in [0.717, 1.165) is 31.2 Å². The minimum atomic E-state index is 0.232. The SMILES string of the molecule is CCC(C)C1CN(Cc2cccc(C)n2)C(C)(CC)CN1. The standard InChI is InChI=1S/C18H31N3/c1-6-14(3)17-12-21(18(5,7-2)13-19-17)11-16-10-8-9-15(4)20-16/h8-10,14,17,19H,6-7,11-13H2,1-5H3. The average Bonchev–Trinajstić information content (AvgIpc) is 2.49. The van der Waals surface area contributed by atoms with Crippen molar-refractivity contribution in [2.75, 3.05) is 13.1 Å². The maximum absolute atomic E-state index is 4.70. The highest BCUT2D eigenvalue weighted by molar-refractivity contribution is 5.11. The van der Waals surface area contributed by atoms with Crippen LogP contribution in [-0.2, 0) is 6.54 Å². The summed E-state index contributed by atoms with van der Waals surface area (Å²) in [6.07, 6.45) is 2.40. The Morgan fingerprint density at radius 3 is 2.81 bits per heavy atom. The van der Waals surface area contributed by atoms with Crippen LogP contribution in [0, 0.1) is 12.8 Å². The van der Waals surface area contributed by atoms with Crippen molar-refractivity contribution in [3.8, 4) is 0 Å². The molecule has 3 heteroatoms. The fraction of sp³-hybridized carbons (Fsp3) is 0.722. The van der Waals surface area contributed by atoms with Gasteiger partial charge in [0.25, 0.3) is 0 Å². The van der Waals surface area contributed by atoms with Crippen LogP contribution in [0.3, 0.4) is 0 Å². The van der Waals surface area contributed by atoms with Crippen LogP contribution < -0.4 is 5.32 Å². The predicted molar refractivity (Wildman–Crippen MR) is 89.3 cm³/mol. The summed E-state index contributed by atoms with van der Waals surface area (Å²) in [6.45, 7) is 14.5. The number of pyridine rings is 1. The zero-order valence-corrected chi connectivity index (χ0v) is 14.3. The van der Waals surface area contributed by atoms with Crippen molar-refractivity contribution < 1.29 is 0 Å². The molecule has 0 radical (unpaired) electrons. The summed E-state index contributed by atoms with van der Waals surface area (Å²) in [6, 6.07) is 6.94. The first-order valence-electron chi connectivity index (χ1n) is 8.39. The van der Waals surface area contributed by atoms with Crippen molar-refractivity contribution in [3.63, 3.8) is 0 Å². The molecule has 21 heavy (non-hydrogen) atoms. The Kier molecular flexibility index (Phi) is 5.39. The molecule has 2 heterocycles. The molecule has 0 bridgehead atoms. The smallest absolute Gasteiger partial charge is 0.0547 e. The highest BCUT2D eigenvalue weighted by Crippen LogP contribution is 2.27. The van der Waals surface area contributed by atoms with E-state index in [2.05, 4.69) is 63.0 Å². The van der Waals surface area contributed by atoms with E-state index in [1.165, 1.54) is 18.5 Å². The number of hydrogen-bond donors (Lipinski definition) is 1. The molecule has 3 atom stereocenters. The van der Waals surface area contributed by atoms with Crippen LogP contribution in [0.15, 0.2) is 18.2 Å². The molecule has 1 aromatic heterocycles. The molecule has 1 aliphatic heterocycles. The number of piperazine rings is 1. The van der Waals surface area contributed by atoms with E-state index in [-0.39, 0.29) is 5.54 Å². The van der Waals surface area contributed by atoms with E-state index in [1.54, 1.807) is 0 Å². The summed E-state index contributed by atoms with van der Waals surface area (Å²) in [5.74, 6) is 0.722. The summed E-state index contributed by atoms with van der Waals surface area (Å²) in [7, 11) is 0. The molecule has 0 amide bonds. The fourth-order valence-corrected chi connectivity index (χ4v) is 3.14. The molecular formula is C18H31N3. The summed E-state index contributed by atoms with van der Waals surface area (Å²) in [5.41, 5.74) is 2.54. The van der Waals surface area contributed by atoms with Crippen LogP contribution in [0.1, 0.15) is 51.9 Å². The Morgan fingerprint density at radius 1 is 1.43 bits per heavy atom. The van der Waals surface area contributed by atoms with Crippen molar-refractivity contribution in [2.24, 2.45) is 5.92 Å². The number of aromatic nitrogens is 1. The molecule has 0 aromatic carbocycles. The van der Waals surface area contributed by atoms with E-state index >= 15 is 0 Å². The summed E-state index contributed by atoms with van der Waals surface area (Å²) in [5, 5.41) is 3.78. The van der Waals surface area contributed by atoms with Gasteiger partial charge in [-0.25, -0.2) is 0 Å². The lowest BCUT2D eigenvalue weighted by Gasteiger charge is -2.49. The molecule has 2 rings (SSSR count). The topological polar surface area (TPSA) is 28.2 Å². The third-order valence-electron chi connectivity index (χ3n) is 5.32. The Hall–Kier alpha value is -0.930. The zero-order chi connectivity index (χ0) is 15.5. The third-order valence-corrected chi connectivity index (χ3v) is 5.32. The van der Waals surface area contributed by atoms with Crippen LogP contribution in [-0.4, -0.2) is 34.6 Å². The van der Waals surface area contributed by atoms with Crippen molar-refractivity contribution in [3.05, 3.63) is 29.6 Å². The van der Waals surface area contributed by atoms with E-state index < -0.39 is 0 Å². The molecular weight excluding hydrogens is 258 g/mol. The fourth-order valence-electron chi connectivity index (χ4n) is 3.14. The van der Waals surface area contributed by atoms with Crippen LogP contribution in [0.5, 0.6) is 0 Å². The van der Waals surface area contributed by atoms with Gasteiger partial charge in [-0.3, -0.25) is 9.88 Å². The molecule has 1 N–H and O–H groups in total. The van der Waals surface area contributed by atoms with Gasteiger partial charge >= 0.3 is 0 Å². The number of hydrogen-bond acceptors (Lipinski definition) is 3. The number of aryl methyl sites for hydroxylation is 1. The molecule has 0 saturated carbocycles. The summed E-state index contributed by atoms with van der Waals surface area (Å²) >= 11 is 0. The second kappa shape index (κ2) is 6.89. The van der Waals surface area contributed by atoms with Gasteiger partial charge in [-0.1, -0.05) is 33.3 Å². The van der Waals surface area contributed by atoms with E-state index in [1.807, 2.05) is 0 Å². The van der Waals surface area contributed by atoms with Gasteiger partial charge in [0, 0.05) is 36.9 Å². The molecule has 3 unspecified atom stereocenters. The highest BCUT2D eigenvalue weighted by atomic mass is 15.3. The first kappa shape index (κ1) is 16.4. The molecule has 1 saturated heterocycles. The maximum atomic E-state index is 4.70. The molecule has 1 fully saturated rings. The number of rotatable bonds is 5. The van der Waals surface area contributed by atoms with Crippen molar-refractivity contribution in [2.45, 2.75) is 65.6 Å². The Bertz CT molecular complexity index is 460. The van der Waals surface area contributed by atoms with E-state index in [0.29, 0.717) is 6.04 Å². The van der Waals surface area contributed by atoms with Crippen molar-refractivity contribution >= 4 is 0 Å². The Morgan fingerprint density at radius 2 is 2.19 bits per heavy atom. The summed E-state index contributed by atoms with van der Waals surface area (Å²) in [4.78, 5) is 7.34. The van der Waals surface area contributed by atoms with Gasteiger partial charge in [-0.15, -0.1) is 0 Å². The zero-order valence-electron chi connectivity index (χ0n) is 14.3. The molecule has 0 aliphatic carbocycles. The van der Waals surface area contributed by atoms with Gasteiger partial charge in [-0.2, -0.15) is 0 Å². The molecule has 0 spiro atoms. The van der Waals surface area contributed by atoms with Crippen LogP contribution >= 0.6 is 0 Å². The minimum absolute atomic E-state index is 0.232. The lowest BCUT2D eigenvalue weighted by atomic mass is 9.88. The van der Waals surface area contributed by atoms with Gasteiger partial charge in [0.05, 0.1) is 5.69 Å². The maximum Gasteiger partial charge on any atom is 0.0547 e. The number of nitrogens with one attached hydrogen (secondary N) is 1. The van der Waals surface area contributed by atoms with Gasteiger partial charge in [0.15, 0.2) is 0 Å². The number of nitrogens with zero attached hydrogens (tertiary/aromatic N) is 2. The van der Waals surface area contributed by atoms with E-state index in [4.69, 9.17) is 4.98 Å². The highest BCUT2D eigenvalue weighted by Gasteiger charge is 2.37. The monoisotopic (exact) mass is 289 g/mol. The normalized spacial score (nSPS) is 28.5. The predicted octanol–water partition coefficient (Wildman–Crippen LogP) is 3.38. The largest absolute Gasteiger partial charge is 0.311 e. The van der Waals surface area contributed by atoms with Gasteiger partial charge in [0.2, 0.25) is 0 Å². The molecule has 3 nitrogen and oxygen atoms in total. The van der Waals surface area contributed by atoms with Gasteiger partial charge < -0.3 is 5.32 Å². The molecule has 118 valence electrons. The molecule has 1 aliphatic rings. The Labute approximate surface area is 130 Å². The quantitative estimate of drug-likeness (QED) is 0.900. The van der Waals surface area contributed by atoms with Gasteiger partial charge in [0.1, 0.15) is 0 Å². The lowest BCUT2D eigenvalue weighted by Crippen LogP contribution is -2.64. The second-order valence-electron chi connectivity index (χ2n) is 6.87. The molecule has 1 aromatic rings. The Balaban J connectivity index is 2.14. The second-order valence-corrected chi connectivity index (χ2v) is 6.87. The van der Waals surface area contributed by atoms with Gasteiger partial charge in [-0.05, 0) is 38.3 Å². The van der Waals surface area contributed by atoms with Crippen LogP contribution in [0.25, 0.3) is 0 Å². The summed E-state index contributed by atoms with van der Waals surface area (Å²) < 4.78 is 0. The van der Waals surface area contributed by atoms with Crippen LogP contribution in [0.4, 0.5) is 0 Å². The van der Waals surface area contributed by atoms with E-state index in [9.17, 15) is 0 Å². The first-order chi connectivity index (χ1) is 9.98. The van der Waals surface area contributed by atoms with Crippen molar-refractivity contribution in [1.82, 2.24) is 15.2 Å². The third kappa shape index (κ3) is 3.83. The van der Waals surface area contributed by atoms with Crippen molar-refractivity contribution in [1.29, 1.82) is 0 Å². The lowest BCUT2D eigenvalue weighted by molar-refractivity contribution is 0.0284. The first-order valence-corrected chi connectivity index (χ1v) is 8.39. The average molecular weight is 289 g/mol. The van der Waals surface area contributed by atoms with Crippen LogP contribution in [0.2, 0.25) is 0 Å².